The molecule has 1 aromatic heterocycles. The summed E-state index contributed by atoms with van der Waals surface area (Å²) in [5, 5.41) is 6.69. The first-order valence-electron chi connectivity index (χ1n) is 4.40. The molecule has 0 aliphatic rings. The number of nitrogens with zero attached hydrogens (tertiary/aromatic N) is 2. The fraction of sp³-hybridized carbons (Fsp3) is 0.625. The van der Waals surface area contributed by atoms with Gasteiger partial charge in [-0.25, -0.2) is 0 Å². The molecule has 0 fully saturated rings. The van der Waals surface area contributed by atoms with Crippen LogP contribution in [-0.4, -0.2) is 27.8 Å². The Morgan fingerprint density at radius 1 is 1.71 bits per heavy atom. The fourth-order valence-electron chi connectivity index (χ4n) is 1.12. The SMILES string of the molecule is CCCc1n[nH]c(=S)n1CC(=O)OC. The number of methoxy groups -OCH3 is 1. The average molecular weight is 215 g/mol. The molecule has 1 rings (SSSR count). The molecule has 6 heteroatoms. The zero-order valence-corrected chi connectivity index (χ0v) is 9.06. The second kappa shape index (κ2) is 4.90. The summed E-state index contributed by atoms with van der Waals surface area (Å²) in [5.74, 6) is 0.475. The number of ether oxygens (including phenoxy) is 1. The van der Waals surface area contributed by atoms with Crippen LogP contribution in [0.1, 0.15) is 19.2 Å². The van der Waals surface area contributed by atoms with Crippen LogP contribution >= 0.6 is 12.2 Å². The Morgan fingerprint density at radius 2 is 2.43 bits per heavy atom. The lowest BCUT2D eigenvalue weighted by Gasteiger charge is -2.03. The van der Waals surface area contributed by atoms with E-state index in [1.54, 1.807) is 4.57 Å². The number of esters is 1. The zero-order chi connectivity index (χ0) is 10.6. The normalized spacial score (nSPS) is 10.1. The summed E-state index contributed by atoms with van der Waals surface area (Å²) < 4.78 is 6.68. The number of aromatic amines is 1. The van der Waals surface area contributed by atoms with Crippen LogP contribution in [0.2, 0.25) is 0 Å². The van der Waals surface area contributed by atoms with Crippen molar-refractivity contribution in [3.05, 3.63) is 10.6 Å². The van der Waals surface area contributed by atoms with Gasteiger partial charge in [-0.1, -0.05) is 6.92 Å². The predicted molar refractivity (Wildman–Crippen MR) is 53.4 cm³/mol. The van der Waals surface area contributed by atoms with E-state index < -0.39 is 0 Å². The molecule has 0 saturated heterocycles. The Bertz CT molecular complexity index is 369. The van der Waals surface area contributed by atoms with E-state index in [0.29, 0.717) is 4.77 Å². The van der Waals surface area contributed by atoms with Gasteiger partial charge < -0.3 is 4.74 Å². The number of hydrogen-bond acceptors (Lipinski definition) is 4. The molecule has 1 heterocycles. The number of aromatic nitrogens is 3. The number of carbonyl (C=O) groups is 1. The van der Waals surface area contributed by atoms with E-state index >= 15 is 0 Å². The summed E-state index contributed by atoms with van der Waals surface area (Å²) in [6.45, 7) is 2.17. The second-order valence-corrected chi connectivity index (χ2v) is 3.24. The lowest BCUT2D eigenvalue weighted by molar-refractivity contribution is -0.141. The molecule has 0 aromatic carbocycles. The summed E-state index contributed by atoms with van der Waals surface area (Å²) in [4.78, 5) is 11.1. The quantitative estimate of drug-likeness (QED) is 0.603. The highest BCUT2D eigenvalue weighted by Gasteiger charge is 2.09. The Morgan fingerprint density at radius 3 is 3.00 bits per heavy atom. The highest BCUT2D eigenvalue weighted by molar-refractivity contribution is 7.71. The molecule has 0 aliphatic carbocycles. The molecule has 14 heavy (non-hydrogen) atoms. The lowest BCUT2D eigenvalue weighted by atomic mass is 10.3. The van der Waals surface area contributed by atoms with Crippen LogP contribution in [0.4, 0.5) is 0 Å². The molecule has 0 atom stereocenters. The minimum absolute atomic E-state index is 0.126. The number of nitrogens with one attached hydrogen (secondary N) is 1. The average Bonchev–Trinajstić information content (AvgIpc) is 2.50. The largest absolute Gasteiger partial charge is 0.468 e. The minimum Gasteiger partial charge on any atom is -0.468 e. The van der Waals surface area contributed by atoms with Crippen LogP contribution in [0, 0.1) is 4.77 Å². The van der Waals surface area contributed by atoms with Gasteiger partial charge in [0, 0.05) is 6.42 Å². The Hall–Kier alpha value is -1.17. The van der Waals surface area contributed by atoms with Gasteiger partial charge in [-0.05, 0) is 18.6 Å². The van der Waals surface area contributed by atoms with Crippen LogP contribution in [-0.2, 0) is 22.5 Å². The van der Waals surface area contributed by atoms with Gasteiger partial charge in [0.2, 0.25) is 0 Å². The zero-order valence-electron chi connectivity index (χ0n) is 8.24. The van der Waals surface area contributed by atoms with Crippen molar-refractivity contribution in [3.8, 4) is 0 Å². The van der Waals surface area contributed by atoms with Gasteiger partial charge in [-0.15, -0.1) is 0 Å². The summed E-state index contributed by atoms with van der Waals surface area (Å²) in [5.41, 5.74) is 0. The smallest absolute Gasteiger partial charge is 0.325 e. The Balaban J connectivity index is 2.87. The van der Waals surface area contributed by atoms with E-state index in [0.717, 1.165) is 18.7 Å². The number of rotatable bonds is 4. The summed E-state index contributed by atoms with van der Waals surface area (Å²) >= 11 is 4.99. The molecular weight excluding hydrogens is 202 g/mol. The van der Waals surface area contributed by atoms with Crippen LogP contribution < -0.4 is 0 Å². The third-order valence-electron chi connectivity index (χ3n) is 1.83. The minimum atomic E-state index is -0.320. The van der Waals surface area contributed by atoms with E-state index in [-0.39, 0.29) is 12.5 Å². The van der Waals surface area contributed by atoms with Gasteiger partial charge in [0.25, 0.3) is 0 Å². The Labute approximate surface area is 87.1 Å². The first kappa shape index (κ1) is 10.9. The molecule has 0 aliphatic heterocycles. The van der Waals surface area contributed by atoms with Gasteiger partial charge >= 0.3 is 5.97 Å². The summed E-state index contributed by atoms with van der Waals surface area (Å²) in [6, 6.07) is 0. The molecule has 78 valence electrons. The summed E-state index contributed by atoms with van der Waals surface area (Å²) in [6.07, 6.45) is 1.75. The Kier molecular flexibility index (Phi) is 3.82. The topological polar surface area (TPSA) is 59.9 Å². The first-order chi connectivity index (χ1) is 6.69. The lowest BCUT2D eigenvalue weighted by Crippen LogP contribution is -2.14. The third-order valence-corrected chi connectivity index (χ3v) is 2.14. The molecule has 0 spiro atoms. The van der Waals surface area contributed by atoms with Crippen molar-refractivity contribution in [2.24, 2.45) is 0 Å². The fourth-order valence-corrected chi connectivity index (χ4v) is 1.34. The van der Waals surface area contributed by atoms with Crippen LogP contribution in [0.25, 0.3) is 0 Å². The van der Waals surface area contributed by atoms with Crippen molar-refractivity contribution in [3.63, 3.8) is 0 Å². The van der Waals surface area contributed by atoms with Crippen LogP contribution in [0.3, 0.4) is 0 Å². The van der Waals surface area contributed by atoms with Gasteiger partial charge in [0.15, 0.2) is 4.77 Å². The van der Waals surface area contributed by atoms with Crippen LogP contribution in [0.15, 0.2) is 0 Å². The third kappa shape index (κ3) is 2.41. The molecule has 0 saturated carbocycles. The molecule has 0 radical (unpaired) electrons. The van der Waals surface area contributed by atoms with Crippen LogP contribution in [0.5, 0.6) is 0 Å². The number of H-pyrrole nitrogens is 1. The van der Waals surface area contributed by atoms with Crippen molar-refractivity contribution in [1.29, 1.82) is 0 Å². The van der Waals surface area contributed by atoms with E-state index in [2.05, 4.69) is 14.9 Å². The van der Waals surface area contributed by atoms with E-state index in [9.17, 15) is 4.79 Å². The standard InChI is InChI=1S/C8H13N3O2S/c1-3-4-6-9-10-8(14)11(6)5-7(12)13-2/h3-5H2,1-2H3,(H,10,14). The van der Waals surface area contributed by atoms with Gasteiger partial charge in [0.1, 0.15) is 12.4 Å². The molecule has 5 nitrogen and oxygen atoms in total. The maximum Gasteiger partial charge on any atom is 0.325 e. The maximum absolute atomic E-state index is 11.1. The summed E-state index contributed by atoms with van der Waals surface area (Å²) in [7, 11) is 1.35. The van der Waals surface area contributed by atoms with E-state index in [4.69, 9.17) is 12.2 Å². The first-order valence-corrected chi connectivity index (χ1v) is 4.80. The monoisotopic (exact) mass is 215 g/mol. The van der Waals surface area contributed by atoms with E-state index in [1.807, 2.05) is 6.92 Å². The molecule has 0 unspecified atom stereocenters. The molecule has 1 N–H and O–H groups in total. The van der Waals surface area contributed by atoms with Crippen molar-refractivity contribution >= 4 is 18.2 Å². The maximum atomic E-state index is 11.1. The van der Waals surface area contributed by atoms with Crippen molar-refractivity contribution in [2.75, 3.05) is 7.11 Å². The van der Waals surface area contributed by atoms with Gasteiger partial charge in [-0.2, -0.15) is 5.10 Å². The van der Waals surface area contributed by atoms with Crippen molar-refractivity contribution in [2.45, 2.75) is 26.3 Å². The number of hydrogen-bond donors (Lipinski definition) is 1. The molecule has 0 amide bonds. The second-order valence-electron chi connectivity index (χ2n) is 2.86. The van der Waals surface area contributed by atoms with Crippen molar-refractivity contribution in [1.82, 2.24) is 14.8 Å². The number of aryl methyl sites for hydroxylation is 1. The van der Waals surface area contributed by atoms with Crippen molar-refractivity contribution < 1.29 is 9.53 Å². The highest BCUT2D eigenvalue weighted by atomic mass is 32.1. The predicted octanol–water partition coefficient (Wildman–Crippen LogP) is 1.07. The number of carbonyl (C=O) groups excluding carboxylic acids is 1. The van der Waals surface area contributed by atoms with E-state index in [1.165, 1.54) is 7.11 Å². The molecular formula is C8H13N3O2S. The molecule has 1 aromatic rings. The van der Waals surface area contributed by atoms with Gasteiger partial charge in [-0.3, -0.25) is 14.5 Å². The highest BCUT2D eigenvalue weighted by Crippen LogP contribution is 2.01. The molecule has 0 bridgehead atoms. The van der Waals surface area contributed by atoms with Gasteiger partial charge in [0.05, 0.1) is 7.11 Å².